The highest BCUT2D eigenvalue weighted by Gasteiger charge is 2.22. The molecule has 0 aliphatic carbocycles. The van der Waals surface area contributed by atoms with Crippen molar-refractivity contribution in [3.05, 3.63) is 0 Å². The molecule has 7 heteroatoms. The number of nitrogens with zero attached hydrogens (tertiary/aromatic N) is 1. The molecule has 112 valence electrons. The van der Waals surface area contributed by atoms with Crippen LogP contribution in [0.5, 0.6) is 0 Å². The van der Waals surface area contributed by atoms with E-state index in [0.717, 1.165) is 6.54 Å². The van der Waals surface area contributed by atoms with Gasteiger partial charge >= 0.3 is 0 Å². The summed E-state index contributed by atoms with van der Waals surface area (Å²) in [5.41, 5.74) is 5.16. The molecule has 1 heterocycles. The number of hydrogen-bond acceptors (Lipinski definition) is 4. The van der Waals surface area contributed by atoms with Gasteiger partial charge in [0, 0.05) is 19.6 Å². The molecule has 1 fully saturated rings. The zero-order valence-electron chi connectivity index (χ0n) is 11.6. The molecule has 0 aromatic heterocycles. The van der Waals surface area contributed by atoms with Crippen molar-refractivity contribution in [3.63, 3.8) is 0 Å². The zero-order chi connectivity index (χ0) is 13.5. The lowest BCUT2D eigenvalue weighted by Crippen LogP contribution is -2.45. The molecule has 0 bridgehead atoms. The summed E-state index contributed by atoms with van der Waals surface area (Å²) >= 11 is 0. The molecule has 0 spiro atoms. The van der Waals surface area contributed by atoms with Gasteiger partial charge in [-0.15, -0.1) is 12.4 Å². The highest BCUT2D eigenvalue weighted by molar-refractivity contribution is 5.85. The van der Waals surface area contributed by atoms with E-state index in [9.17, 15) is 9.59 Å². The van der Waals surface area contributed by atoms with Crippen molar-refractivity contribution >= 4 is 24.2 Å². The second-order valence-corrected chi connectivity index (χ2v) is 5.04. The third-order valence-electron chi connectivity index (χ3n) is 2.69. The van der Waals surface area contributed by atoms with E-state index in [4.69, 9.17) is 10.5 Å². The maximum atomic E-state index is 12.1. The van der Waals surface area contributed by atoms with Gasteiger partial charge in [0.15, 0.2) is 0 Å². The summed E-state index contributed by atoms with van der Waals surface area (Å²) in [7, 11) is 0. The highest BCUT2D eigenvalue weighted by Crippen LogP contribution is 2.07. The first-order chi connectivity index (χ1) is 8.49. The number of nitrogens with two attached hydrogens (primary N) is 1. The van der Waals surface area contributed by atoms with Crippen LogP contribution >= 0.6 is 12.4 Å². The molecule has 1 aliphatic heterocycles. The van der Waals surface area contributed by atoms with Crippen LogP contribution in [0.15, 0.2) is 0 Å². The van der Waals surface area contributed by atoms with E-state index >= 15 is 0 Å². The quantitative estimate of drug-likeness (QED) is 0.708. The lowest BCUT2D eigenvalue weighted by atomic mass is 10.1. The Morgan fingerprint density at radius 2 is 2.16 bits per heavy atom. The molecule has 2 amide bonds. The second kappa shape index (κ2) is 9.12. The van der Waals surface area contributed by atoms with Crippen LogP contribution in [0, 0.1) is 5.92 Å². The van der Waals surface area contributed by atoms with Crippen molar-refractivity contribution < 1.29 is 14.3 Å². The topological polar surface area (TPSA) is 84.7 Å². The summed E-state index contributed by atoms with van der Waals surface area (Å²) in [6.45, 7) is 6.65. The molecule has 1 rings (SSSR count). The Labute approximate surface area is 120 Å². The summed E-state index contributed by atoms with van der Waals surface area (Å²) < 4.78 is 5.48. The van der Waals surface area contributed by atoms with Crippen LogP contribution in [0.2, 0.25) is 0 Å². The van der Waals surface area contributed by atoms with Crippen LogP contribution in [-0.4, -0.2) is 55.6 Å². The van der Waals surface area contributed by atoms with E-state index in [-0.39, 0.29) is 31.0 Å². The van der Waals surface area contributed by atoms with Crippen LogP contribution in [-0.2, 0) is 14.3 Å². The SMILES string of the molecule is CC(C)CN(CC(N)=O)C(=O)CC1CNCCO1.Cl. The maximum Gasteiger partial charge on any atom is 0.237 e. The van der Waals surface area contributed by atoms with Gasteiger partial charge in [0.1, 0.15) is 0 Å². The van der Waals surface area contributed by atoms with Crippen molar-refractivity contribution in [2.45, 2.75) is 26.4 Å². The zero-order valence-corrected chi connectivity index (χ0v) is 12.4. The number of primary amides is 1. The van der Waals surface area contributed by atoms with Gasteiger partial charge in [0.25, 0.3) is 0 Å². The third kappa shape index (κ3) is 7.34. The normalized spacial score (nSPS) is 18.8. The molecular formula is C12H24ClN3O3. The molecule has 0 saturated carbocycles. The van der Waals surface area contributed by atoms with E-state index in [0.29, 0.717) is 32.0 Å². The number of amides is 2. The van der Waals surface area contributed by atoms with Gasteiger partial charge in [0.05, 0.1) is 25.7 Å². The van der Waals surface area contributed by atoms with Crippen LogP contribution in [0.3, 0.4) is 0 Å². The highest BCUT2D eigenvalue weighted by atomic mass is 35.5. The minimum absolute atomic E-state index is 0. The van der Waals surface area contributed by atoms with Crippen molar-refractivity contribution in [2.24, 2.45) is 11.7 Å². The average molecular weight is 294 g/mol. The van der Waals surface area contributed by atoms with Gasteiger partial charge in [-0.25, -0.2) is 0 Å². The Morgan fingerprint density at radius 3 is 2.63 bits per heavy atom. The number of ether oxygens (including phenoxy) is 1. The Bertz CT molecular complexity index is 294. The molecule has 1 unspecified atom stereocenters. The molecule has 0 aromatic rings. The smallest absolute Gasteiger partial charge is 0.237 e. The fourth-order valence-electron chi connectivity index (χ4n) is 1.96. The summed E-state index contributed by atoms with van der Waals surface area (Å²) in [6, 6.07) is 0. The van der Waals surface area contributed by atoms with E-state index in [2.05, 4.69) is 5.32 Å². The summed E-state index contributed by atoms with van der Waals surface area (Å²) in [5.74, 6) is -0.249. The molecule has 19 heavy (non-hydrogen) atoms. The number of hydrogen-bond donors (Lipinski definition) is 2. The maximum absolute atomic E-state index is 12.1. The van der Waals surface area contributed by atoms with E-state index in [1.807, 2.05) is 13.8 Å². The molecule has 1 aliphatic rings. The molecule has 0 radical (unpaired) electrons. The first kappa shape index (κ1) is 18.1. The van der Waals surface area contributed by atoms with E-state index in [1.165, 1.54) is 4.90 Å². The standard InChI is InChI=1S/C12H23N3O3.ClH/c1-9(2)7-15(8-11(13)16)12(17)5-10-6-14-3-4-18-10;/h9-10,14H,3-8H2,1-2H3,(H2,13,16);1H. The summed E-state index contributed by atoms with van der Waals surface area (Å²) in [4.78, 5) is 24.6. The lowest BCUT2D eigenvalue weighted by Gasteiger charge is -2.27. The van der Waals surface area contributed by atoms with Gasteiger partial charge in [-0.2, -0.15) is 0 Å². The average Bonchev–Trinajstić information content (AvgIpc) is 2.28. The number of morpholine rings is 1. The van der Waals surface area contributed by atoms with Crippen molar-refractivity contribution in [3.8, 4) is 0 Å². The van der Waals surface area contributed by atoms with Gasteiger partial charge in [-0.3, -0.25) is 9.59 Å². The van der Waals surface area contributed by atoms with Crippen LogP contribution < -0.4 is 11.1 Å². The van der Waals surface area contributed by atoms with Crippen LogP contribution in [0.4, 0.5) is 0 Å². The molecule has 1 saturated heterocycles. The van der Waals surface area contributed by atoms with Crippen molar-refractivity contribution in [2.75, 3.05) is 32.8 Å². The number of carbonyl (C=O) groups excluding carboxylic acids is 2. The lowest BCUT2D eigenvalue weighted by molar-refractivity contribution is -0.138. The minimum Gasteiger partial charge on any atom is -0.375 e. The molecular weight excluding hydrogens is 270 g/mol. The number of nitrogens with one attached hydrogen (secondary N) is 1. The van der Waals surface area contributed by atoms with Crippen LogP contribution in [0.1, 0.15) is 20.3 Å². The first-order valence-corrected chi connectivity index (χ1v) is 6.37. The molecule has 3 N–H and O–H groups in total. The number of rotatable bonds is 6. The van der Waals surface area contributed by atoms with E-state index in [1.54, 1.807) is 0 Å². The molecule has 6 nitrogen and oxygen atoms in total. The fourth-order valence-corrected chi connectivity index (χ4v) is 1.96. The first-order valence-electron chi connectivity index (χ1n) is 6.37. The summed E-state index contributed by atoms with van der Waals surface area (Å²) in [5, 5.41) is 3.17. The summed E-state index contributed by atoms with van der Waals surface area (Å²) in [6.07, 6.45) is 0.196. The number of carbonyl (C=O) groups is 2. The van der Waals surface area contributed by atoms with Gasteiger partial charge < -0.3 is 20.7 Å². The van der Waals surface area contributed by atoms with Crippen molar-refractivity contribution in [1.29, 1.82) is 0 Å². The van der Waals surface area contributed by atoms with Gasteiger partial charge in [-0.05, 0) is 5.92 Å². The molecule has 0 aromatic carbocycles. The van der Waals surface area contributed by atoms with Gasteiger partial charge in [0.2, 0.25) is 11.8 Å². The Hall–Kier alpha value is -0.850. The van der Waals surface area contributed by atoms with Crippen LogP contribution in [0.25, 0.3) is 0 Å². The van der Waals surface area contributed by atoms with E-state index < -0.39 is 5.91 Å². The predicted octanol–water partition coefficient (Wildman–Crippen LogP) is -0.243. The Morgan fingerprint density at radius 1 is 1.47 bits per heavy atom. The second-order valence-electron chi connectivity index (χ2n) is 5.04. The minimum atomic E-state index is -0.480. The van der Waals surface area contributed by atoms with Gasteiger partial charge in [-0.1, -0.05) is 13.8 Å². The Kier molecular flexibility index (Phi) is 8.71. The monoisotopic (exact) mass is 293 g/mol. The Balaban J connectivity index is 0.00000324. The largest absolute Gasteiger partial charge is 0.375 e. The number of halogens is 1. The third-order valence-corrected chi connectivity index (χ3v) is 2.69. The predicted molar refractivity (Wildman–Crippen MR) is 75.1 cm³/mol. The molecule has 1 atom stereocenters. The fraction of sp³-hybridized carbons (Fsp3) is 0.833. The van der Waals surface area contributed by atoms with Crippen molar-refractivity contribution in [1.82, 2.24) is 10.2 Å².